The molecule has 1 aliphatic rings. The number of carbonyl (C=O) groups excluding carboxylic acids is 1. The van der Waals surface area contributed by atoms with Crippen molar-refractivity contribution in [3.63, 3.8) is 0 Å². The molecule has 3 nitrogen and oxygen atoms in total. The van der Waals surface area contributed by atoms with Gasteiger partial charge in [0.15, 0.2) is 0 Å². The van der Waals surface area contributed by atoms with Gasteiger partial charge in [-0.25, -0.2) is 0 Å². The smallest absolute Gasteiger partial charge is 0.309 e. The first-order valence-electron chi connectivity index (χ1n) is 5.59. The number of aliphatic hydroxyl groups is 1. The second-order valence-corrected chi connectivity index (χ2v) is 5.90. The Hall–Kier alpha value is -0.570. The van der Waals surface area contributed by atoms with E-state index in [4.69, 9.17) is 4.74 Å². The minimum atomic E-state index is -0.651. The van der Waals surface area contributed by atoms with Crippen LogP contribution in [0, 0.1) is 11.8 Å². The lowest BCUT2D eigenvalue weighted by Gasteiger charge is -2.45. The Morgan fingerprint density at radius 2 is 1.87 bits per heavy atom. The highest BCUT2D eigenvalue weighted by Gasteiger charge is 2.49. The van der Waals surface area contributed by atoms with Gasteiger partial charge in [-0.05, 0) is 39.5 Å². The van der Waals surface area contributed by atoms with Crippen LogP contribution in [-0.4, -0.2) is 22.3 Å². The summed E-state index contributed by atoms with van der Waals surface area (Å²) in [7, 11) is 0. The number of ether oxygens (including phenoxy) is 1. The van der Waals surface area contributed by atoms with Crippen LogP contribution in [0.2, 0.25) is 0 Å². The Kier molecular flexibility index (Phi) is 3.15. The third-order valence-corrected chi connectivity index (χ3v) is 3.01. The average Bonchev–Trinajstić information content (AvgIpc) is 1.94. The number of esters is 1. The molecular formula is C12H22O3. The number of hydrogen-bond donors (Lipinski definition) is 1. The van der Waals surface area contributed by atoms with Gasteiger partial charge in [0.2, 0.25) is 0 Å². The molecule has 1 aliphatic carbocycles. The number of carbonyl (C=O) groups is 1. The van der Waals surface area contributed by atoms with Gasteiger partial charge in [-0.15, -0.1) is 0 Å². The normalized spacial score (nSPS) is 31.3. The highest BCUT2D eigenvalue weighted by atomic mass is 16.6. The summed E-state index contributed by atoms with van der Waals surface area (Å²) >= 11 is 0. The van der Waals surface area contributed by atoms with E-state index in [0.717, 1.165) is 0 Å². The highest BCUT2D eigenvalue weighted by molar-refractivity contribution is 5.74. The van der Waals surface area contributed by atoms with Crippen LogP contribution in [0.15, 0.2) is 0 Å². The molecule has 0 unspecified atom stereocenters. The van der Waals surface area contributed by atoms with Crippen molar-refractivity contribution in [1.29, 1.82) is 0 Å². The van der Waals surface area contributed by atoms with Gasteiger partial charge in [0.25, 0.3) is 0 Å². The number of hydrogen-bond acceptors (Lipinski definition) is 3. The molecule has 0 aromatic carbocycles. The highest BCUT2D eigenvalue weighted by Crippen LogP contribution is 2.43. The summed E-state index contributed by atoms with van der Waals surface area (Å²) in [5.41, 5.74) is -1.08. The standard InChI is InChI=1S/C12H22O3/c1-8(2)12(14)6-9(7-12)10(13)15-11(3,4)5/h8-9,14H,6-7H2,1-5H3. The van der Waals surface area contributed by atoms with Crippen molar-refractivity contribution in [3.05, 3.63) is 0 Å². The summed E-state index contributed by atoms with van der Waals surface area (Å²) < 4.78 is 5.26. The summed E-state index contributed by atoms with van der Waals surface area (Å²) in [6, 6.07) is 0. The van der Waals surface area contributed by atoms with Crippen molar-refractivity contribution < 1.29 is 14.6 Å². The third kappa shape index (κ3) is 2.94. The van der Waals surface area contributed by atoms with E-state index in [0.29, 0.717) is 12.8 Å². The van der Waals surface area contributed by atoms with Crippen LogP contribution in [0.5, 0.6) is 0 Å². The summed E-state index contributed by atoms with van der Waals surface area (Å²) in [5, 5.41) is 10.00. The molecule has 0 saturated heterocycles. The van der Waals surface area contributed by atoms with E-state index < -0.39 is 11.2 Å². The Labute approximate surface area is 91.8 Å². The minimum absolute atomic E-state index is 0.114. The molecule has 1 rings (SSSR count). The molecule has 0 bridgehead atoms. The maximum absolute atomic E-state index is 11.6. The molecule has 0 heterocycles. The molecule has 0 aromatic rings. The molecule has 1 fully saturated rings. The summed E-state index contributed by atoms with van der Waals surface area (Å²) in [4.78, 5) is 11.6. The number of rotatable bonds is 2. The minimum Gasteiger partial charge on any atom is -0.460 e. The molecule has 88 valence electrons. The van der Waals surface area contributed by atoms with Gasteiger partial charge in [-0.1, -0.05) is 13.8 Å². The van der Waals surface area contributed by atoms with Crippen molar-refractivity contribution in [2.75, 3.05) is 0 Å². The van der Waals surface area contributed by atoms with Gasteiger partial charge >= 0.3 is 5.97 Å². The van der Waals surface area contributed by atoms with E-state index in [9.17, 15) is 9.90 Å². The predicted octanol–water partition coefficient (Wildman–Crippen LogP) is 2.13. The van der Waals surface area contributed by atoms with E-state index in [2.05, 4.69) is 0 Å². The maximum atomic E-state index is 11.6. The molecule has 1 N–H and O–H groups in total. The molecule has 0 amide bonds. The Balaban J connectivity index is 2.42. The van der Waals surface area contributed by atoms with Gasteiger partial charge in [-0.3, -0.25) is 4.79 Å². The quantitative estimate of drug-likeness (QED) is 0.716. The lowest BCUT2D eigenvalue weighted by Crippen LogP contribution is -2.51. The average molecular weight is 214 g/mol. The molecule has 0 spiro atoms. The molecule has 15 heavy (non-hydrogen) atoms. The zero-order valence-electron chi connectivity index (χ0n) is 10.3. The van der Waals surface area contributed by atoms with Crippen LogP contribution in [0.4, 0.5) is 0 Å². The molecule has 3 heteroatoms. The molecule has 0 radical (unpaired) electrons. The summed E-state index contributed by atoms with van der Waals surface area (Å²) in [5.74, 6) is -0.0827. The Morgan fingerprint density at radius 3 is 2.20 bits per heavy atom. The first kappa shape index (κ1) is 12.5. The third-order valence-electron chi connectivity index (χ3n) is 3.01. The molecule has 1 saturated carbocycles. The fourth-order valence-electron chi connectivity index (χ4n) is 1.82. The monoisotopic (exact) mass is 214 g/mol. The lowest BCUT2D eigenvalue weighted by atomic mass is 9.65. The summed E-state index contributed by atoms with van der Waals surface area (Å²) in [6.07, 6.45) is 1.08. The van der Waals surface area contributed by atoms with Crippen molar-refractivity contribution in [2.45, 2.75) is 58.7 Å². The van der Waals surface area contributed by atoms with E-state index in [1.54, 1.807) is 0 Å². The zero-order valence-corrected chi connectivity index (χ0v) is 10.3. The largest absolute Gasteiger partial charge is 0.460 e. The predicted molar refractivity (Wildman–Crippen MR) is 58.4 cm³/mol. The van der Waals surface area contributed by atoms with Crippen molar-refractivity contribution >= 4 is 5.97 Å². The fourth-order valence-corrected chi connectivity index (χ4v) is 1.82. The zero-order chi connectivity index (χ0) is 11.9. The SMILES string of the molecule is CC(C)C1(O)CC(C(=O)OC(C)(C)C)C1. The topological polar surface area (TPSA) is 46.5 Å². The second-order valence-electron chi connectivity index (χ2n) is 5.90. The lowest BCUT2D eigenvalue weighted by molar-refractivity contribution is -0.180. The van der Waals surface area contributed by atoms with E-state index in [1.165, 1.54) is 0 Å². The summed E-state index contributed by atoms with van der Waals surface area (Å²) in [6.45, 7) is 9.53. The van der Waals surface area contributed by atoms with Crippen LogP contribution < -0.4 is 0 Å². The maximum Gasteiger partial charge on any atom is 0.309 e. The Bertz CT molecular complexity index is 244. The van der Waals surface area contributed by atoms with Crippen molar-refractivity contribution in [2.24, 2.45) is 11.8 Å². The molecular weight excluding hydrogens is 192 g/mol. The van der Waals surface area contributed by atoms with Crippen molar-refractivity contribution in [3.8, 4) is 0 Å². The van der Waals surface area contributed by atoms with Crippen LogP contribution in [0.3, 0.4) is 0 Å². The Morgan fingerprint density at radius 1 is 1.40 bits per heavy atom. The van der Waals surface area contributed by atoms with E-state index in [1.807, 2.05) is 34.6 Å². The second kappa shape index (κ2) is 3.78. The van der Waals surface area contributed by atoms with Gasteiger partial charge < -0.3 is 9.84 Å². The first-order valence-corrected chi connectivity index (χ1v) is 5.59. The van der Waals surface area contributed by atoms with Gasteiger partial charge in [0.05, 0.1) is 11.5 Å². The molecule has 0 aromatic heterocycles. The van der Waals surface area contributed by atoms with Gasteiger partial charge in [0.1, 0.15) is 5.60 Å². The fraction of sp³-hybridized carbons (Fsp3) is 0.917. The first-order chi connectivity index (χ1) is 6.64. The van der Waals surface area contributed by atoms with Crippen LogP contribution >= 0.6 is 0 Å². The van der Waals surface area contributed by atoms with Crippen molar-refractivity contribution in [1.82, 2.24) is 0 Å². The van der Waals surface area contributed by atoms with Crippen LogP contribution in [-0.2, 0) is 9.53 Å². The van der Waals surface area contributed by atoms with Crippen LogP contribution in [0.25, 0.3) is 0 Å². The molecule has 0 atom stereocenters. The van der Waals surface area contributed by atoms with E-state index in [-0.39, 0.29) is 17.8 Å². The van der Waals surface area contributed by atoms with Gasteiger partial charge in [0, 0.05) is 0 Å². The van der Waals surface area contributed by atoms with Gasteiger partial charge in [-0.2, -0.15) is 0 Å². The van der Waals surface area contributed by atoms with Crippen LogP contribution in [0.1, 0.15) is 47.5 Å². The van der Waals surface area contributed by atoms with E-state index >= 15 is 0 Å². The molecule has 0 aliphatic heterocycles.